The van der Waals surface area contributed by atoms with Crippen LogP contribution in [0.1, 0.15) is 16.6 Å². The molecule has 0 amide bonds. The van der Waals surface area contributed by atoms with Crippen LogP contribution in [0.3, 0.4) is 0 Å². The van der Waals surface area contributed by atoms with E-state index in [1.807, 2.05) is 0 Å². The minimum Gasteiger partial charge on any atom is -0.477 e. The molecule has 0 bridgehead atoms. The average Bonchev–Trinajstić information content (AvgIpc) is 2.66. The van der Waals surface area contributed by atoms with Gasteiger partial charge in [-0.25, -0.2) is 17.9 Å². The van der Waals surface area contributed by atoms with E-state index in [0.717, 1.165) is 0 Å². The first-order chi connectivity index (χ1) is 7.36. The number of aromatic carboxylic acids is 1. The van der Waals surface area contributed by atoms with Crippen molar-refractivity contribution in [2.45, 2.75) is 17.2 Å². The van der Waals surface area contributed by atoms with E-state index in [1.165, 1.54) is 19.1 Å². The molecule has 1 aromatic rings. The van der Waals surface area contributed by atoms with Crippen molar-refractivity contribution in [2.75, 3.05) is 6.61 Å². The van der Waals surface area contributed by atoms with Gasteiger partial charge >= 0.3 is 5.97 Å². The van der Waals surface area contributed by atoms with Crippen LogP contribution in [0.5, 0.6) is 0 Å². The predicted molar refractivity (Wildman–Crippen MR) is 58.1 cm³/mol. The first-order valence-electron chi connectivity index (χ1n) is 4.33. The van der Waals surface area contributed by atoms with Gasteiger partial charge in [0.2, 0.25) is 10.0 Å². The van der Waals surface area contributed by atoms with Gasteiger partial charge in [-0.15, -0.1) is 11.3 Å². The molecule has 8 heteroatoms. The predicted octanol–water partition coefficient (Wildman–Crippen LogP) is 0.105. The highest BCUT2D eigenvalue weighted by atomic mass is 32.2. The molecule has 16 heavy (non-hydrogen) atoms. The summed E-state index contributed by atoms with van der Waals surface area (Å²) in [5.41, 5.74) is 0. The summed E-state index contributed by atoms with van der Waals surface area (Å²) in [7, 11) is -3.74. The number of hydrogen-bond donors (Lipinski definition) is 3. The zero-order valence-corrected chi connectivity index (χ0v) is 10.0. The third-order valence-electron chi connectivity index (χ3n) is 1.69. The van der Waals surface area contributed by atoms with Gasteiger partial charge in [-0.1, -0.05) is 0 Å². The molecule has 6 nitrogen and oxygen atoms in total. The van der Waals surface area contributed by atoms with Gasteiger partial charge in [-0.05, 0) is 19.1 Å². The summed E-state index contributed by atoms with van der Waals surface area (Å²) in [4.78, 5) is 10.5. The lowest BCUT2D eigenvalue weighted by Gasteiger charge is -2.09. The second-order valence-corrected chi connectivity index (χ2v) is 6.15. The molecular weight excluding hydrogens is 254 g/mol. The van der Waals surface area contributed by atoms with Gasteiger partial charge in [-0.2, -0.15) is 0 Å². The summed E-state index contributed by atoms with van der Waals surface area (Å²) in [6.45, 7) is 1.18. The van der Waals surface area contributed by atoms with E-state index in [0.29, 0.717) is 11.3 Å². The highest BCUT2D eigenvalue weighted by Gasteiger charge is 2.20. The molecule has 0 aliphatic rings. The maximum atomic E-state index is 11.6. The molecule has 0 saturated carbocycles. The average molecular weight is 265 g/mol. The van der Waals surface area contributed by atoms with Crippen LogP contribution in [0.15, 0.2) is 16.3 Å². The number of carboxylic acid groups (broad SMARTS) is 1. The van der Waals surface area contributed by atoms with E-state index < -0.39 is 22.0 Å². The number of carbonyl (C=O) groups is 1. The Labute approximate surface area is 96.6 Å². The number of carboxylic acids is 1. The molecule has 1 atom stereocenters. The van der Waals surface area contributed by atoms with Crippen LogP contribution in [0, 0.1) is 0 Å². The van der Waals surface area contributed by atoms with Crippen molar-refractivity contribution < 1.29 is 23.4 Å². The van der Waals surface area contributed by atoms with Crippen molar-refractivity contribution in [1.82, 2.24) is 4.72 Å². The van der Waals surface area contributed by atoms with Gasteiger partial charge in [-0.3, -0.25) is 0 Å². The van der Waals surface area contributed by atoms with Gasteiger partial charge in [0, 0.05) is 6.04 Å². The van der Waals surface area contributed by atoms with Crippen LogP contribution in [-0.4, -0.2) is 37.2 Å². The smallest absolute Gasteiger partial charge is 0.345 e. The van der Waals surface area contributed by atoms with Crippen LogP contribution in [0.4, 0.5) is 0 Å². The van der Waals surface area contributed by atoms with Crippen LogP contribution < -0.4 is 4.72 Å². The van der Waals surface area contributed by atoms with E-state index >= 15 is 0 Å². The number of rotatable bonds is 5. The number of aliphatic hydroxyl groups is 1. The standard InChI is InChI=1S/C8H11NO5S2/c1-5(4-10)9-16(13,14)7-3-2-6(15-7)8(11)12/h2-3,5,9-10H,4H2,1H3,(H,11,12). The van der Waals surface area contributed by atoms with E-state index in [-0.39, 0.29) is 15.7 Å². The highest BCUT2D eigenvalue weighted by Crippen LogP contribution is 2.21. The summed E-state index contributed by atoms with van der Waals surface area (Å²) < 4.78 is 25.4. The summed E-state index contributed by atoms with van der Waals surface area (Å²) in [5, 5.41) is 17.4. The molecule has 0 spiro atoms. The number of thiophene rings is 1. The van der Waals surface area contributed by atoms with Crippen molar-refractivity contribution >= 4 is 27.3 Å². The van der Waals surface area contributed by atoms with Gasteiger partial charge < -0.3 is 10.2 Å². The Hall–Kier alpha value is -0.960. The third kappa shape index (κ3) is 3.01. The van der Waals surface area contributed by atoms with E-state index in [1.54, 1.807) is 0 Å². The second-order valence-electron chi connectivity index (χ2n) is 3.13. The molecule has 0 aliphatic heterocycles. The van der Waals surface area contributed by atoms with Crippen molar-refractivity contribution in [1.29, 1.82) is 0 Å². The fraction of sp³-hybridized carbons (Fsp3) is 0.375. The topological polar surface area (TPSA) is 104 Å². The van der Waals surface area contributed by atoms with E-state index in [2.05, 4.69) is 4.72 Å². The Kier molecular flexibility index (Phi) is 4.03. The zero-order valence-electron chi connectivity index (χ0n) is 8.37. The number of aliphatic hydroxyl groups excluding tert-OH is 1. The molecule has 0 fully saturated rings. The Balaban J connectivity index is 2.94. The minimum absolute atomic E-state index is 0.0444. The molecule has 1 aromatic heterocycles. The first kappa shape index (κ1) is 13.1. The summed E-state index contributed by atoms with van der Waals surface area (Å²) in [6, 6.07) is 1.84. The molecule has 0 saturated heterocycles. The van der Waals surface area contributed by atoms with E-state index in [9.17, 15) is 13.2 Å². The van der Waals surface area contributed by atoms with E-state index in [4.69, 9.17) is 10.2 Å². The number of sulfonamides is 1. The summed E-state index contributed by atoms with van der Waals surface area (Å²) in [5.74, 6) is -1.17. The molecule has 3 N–H and O–H groups in total. The Morgan fingerprint density at radius 3 is 2.62 bits per heavy atom. The van der Waals surface area contributed by atoms with Crippen LogP contribution in [-0.2, 0) is 10.0 Å². The summed E-state index contributed by atoms with van der Waals surface area (Å²) >= 11 is 0.669. The lowest BCUT2D eigenvalue weighted by molar-refractivity contribution is 0.0702. The van der Waals surface area contributed by atoms with Crippen molar-refractivity contribution in [2.24, 2.45) is 0 Å². The normalized spacial score (nSPS) is 13.6. The van der Waals surface area contributed by atoms with Crippen molar-refractivity contribution in [3.63, 3.8) is 0 Å². The molecule has 0 radical (unpaired) electrons. The maximum Gasteiger partial charge on any atom is 0.345 e. The molecule has 0 aromatic carbocycles. The molecule has 1 unspecified atom stereocenters. The second kappa shape index (κ2) is 4.91. The lowest BCUT2D eigenvalue weighted by Crippen LogP contribution is -2.34. The van der Waals surface area contributed by atoms with Gasteiger partial charge in [0.15, 0.2) is 0 Å². The Morgan fingerprint density at radius 1 is 1.56 bits per heavy atom. The highest BCUT2D eigenvalue weighted by molar-refractivity contribution is 7.91. The Morgan fingerprint density at radius 2 is 2.19 bits per heavy atom. The minimum atomic E-state index is -3.74. The SMILES string of the molecule is CC(CO)NS(=O)(=O)c1ccc(C(=O)O)s1. The molecule has 0 aliphatic carbocycles. The Bertz CT molecular complexity index is 478. The molecule has 90 valence electrons. The van der Waals surface area contributed by atoms with Gasteiger partial charge in [0.1, 0.15) is 9.09 Å². The monoisotopic (exact) mass is 265 g/mol. The van der Waals surface area contributed by atoms with Crippen LogP contribution >= 0.6 is 11.3 Å². The number of hydrogen-bond acceptors (Lipinski definition) is 5. The van der Waals surface area contributed by atoms with Gasteiger partial charge in [0.05, 0.1) is 6.61 Å². The van der Waals surface area contributed by atoms with Crippen LogP contribution in [0.2, 0.25) is 0 Å². The van der Waals surface area contributed by atoms with Gasteiger partial charge in [0.25, 0.3) is 0 Å². The largest absolute Gasteiger partial charge is 0.477 e. The van der Waals surface area contributed by atoms with Crippen molar-refractivity contribution in [3.05, 3.63) is 17.0 Å². The molecular formula is C8H11NO5S2. The number of nitrogens with one attached hydrogen (secondary N) is 1. The first-order valence-corrected chi connectivity index (χ1v) is 6.63. The van der Waals surface area contributed by atoms with Crippen LogP contribution in [0.25, 0.3) is 0 Å². The lowest BCUT2D eigenvalue weighted by atomic mass is 10.4. The van der Waals surface area contributed by atoms with Crippen molar-refractivity contribution in [3.8, 4) is 0 Å². The fourth-order valence-electron chi connectivity index (χ4n) is 0.940. The maximum absolute atomic E-state index is 11.6. The quantitative estimate of drug-likeness (QED) is 0.700. The third-order valence-corrected chi connectivity index (χ3v) is 4.84. The molecule has 1 heterocycles. The zero-order chi connectivity index (χ0) is 12.3. The summed E-state index contributed by atoms with van der Waals surface area (Å²) in [6.07, 6.45) is 0. The fourth-order valence-corrected chi connectivity index (χ4v) is 3.34. The molecule has 1 rings (SSSR count).